The molecule has 15 heavy (non-hydrogen) atoms. The summed E-state index contributed by atoms with van der Waals surface area (Å²) in [6, 6.07) is 7.30. The van der Waals surface area contributed by atoms with Gasteiger partial charge in [-0.05, 0) is 18.1 Å². The molecule has 1 aliphatic heterocycles. The fourth-order valence-corrected chi connectivity index (χ4v) is 3.77. The van der Waals surface area contributed by atoms with Gasteiger partial charge in [0.25, 0.3) is 0 Å². The zero-order valence-electron chi connectivity index (χ0n) is 8.73. The molecule has 0 fully saturated rings. The van der Waals surface area contributed by atoms with Crippen LogP contribution >= 0.6 is 0 Å². The van der Waals surface area contributed by atoms with Gasteiger partial charge in [0, 0.05) is 12.6 Å². The van der Waals surface area contributed by atoms with Crippen LogP contribution in [-0.4, -0.2) is 20.2 Å². The lowest BCUT2D eigenvalue weighted by atomic mass is 10.2. The average molecular weight is 225 g/mol. The fraction of sp³-hybridized carbons (Fsp3) is 0.455. The van der Waals surface area contributed by atoms with E-state index in [-0.39, 0.29) is 11.8 Å². The Labute approximate surface area is 90.4 Å². The molecule has 0 spiro atoms. The van der Waals surface area contributed by atoms with Crippen molar-refractivity contribution in [1.82, 2.24) is 5.32 Å². The molecule has 82 valence electrons. The quantitative estimate of drug-likeness (QED) is 0.784. The van der Waals surface area contributed by atoms with E-state index in [1.807, 2.05) is 19.1 Å². The Hall–Kier alpha value is -0.870. The molecule has 0 saturated carbocycles. The molecule has 1 aromatic carbocycles. The number of fused-ring (bicyclic) bond motifs is 1. The third-order valence-electron chi connectivity index (χ3n) is 2.80. The first-order valence-corrected chi connectivity index (χ1v) is 6.83. The number of benzene rings is 1. The molecule has 1 heterocycles. The van der Waals surface area contributed by atoms with Crippen molar-refractivity contribution in [2.45, 2.75) is 30.8 Å². The highest BCUT2D eigenvalue weighted by Gasteiger charge is 2.25. The topological polar surface area (TPSA) is 46.2 Å². The number of hydrogen-bond acceptors (Lipinski definition) is 3. The summed E-state index contributed by atoms with van der Waals surface area (Å²) in [6.45, 7) is 2.65. The zero-order chi connectivity index (χ0) is 10.9. The van der Waals surface area contributed by atoms with Crippen molar-refractivity contribution in [1.29, 1.82) is 0 Å². The summed E-state index contributed by atoms with van der Waals surface area (Å²) in [5.74, 6) is 0.209. The number of rotatable bonds is 1. The van der Waals surface area contributed by atoms with Crippen molar-refractivity contribution in [3.8, 4) is 0 Å². The van der Waals surface area contributed by atoms with Gasteiger partial charge in [-0.15, -0.1) is 0 Å². The Bertz CT molecular complexity index is 453. The second-order valence-electron chi connectivity index (χ2n) is 3.88. The fourth-order valence-electron chi connectivity index (χ4n) is 1.88. The summed E-state index contributed by atoms with van der Waals surface area (Å²) in [7, 11) is -3.10. The predicted molar refractivity (Wildman–Crippen MR) is 59.4 cm³/mol. The van der Waals surface area contributed by atoms with E-state index in [1.54, 1.807) is 12.1 Å². The molecule has 0 radical (unpaired) electrons. The molecule has 3 nitrogen and oxygen atoms in total. The van der Waals surface area contributed by atoms with Crippen molar-refractivity contribution >= 4 is 9.84 Å². The Morgan fingerprint density at radius 1 is 1.40 bits per heavy atom. The molecule has 1 aromatic rings. The maximum atomic E-state index is 12.0. The highest BCUT2D eigenvalue weighted by atomic mass is 32.2. The Balaban J connectivity index is 2.48. The minimum absolute atomic E-state index is 0.0717. The highest BCUT2D eigenvalue weighted by molar-refractivity contribution is 7.91. The number of sulfone groups is 1. The smallest absolute Gasteiger partial charge is 0.180 e. The van der Waals surface area contributed by atoms with Gasteiger partial charge in [-0.3, -0.25) is 0 Å². The van der Waals surface area contributed by atoms with E-state index in [2.05, 4.69) is 5.32 Å². The first kappa shape index (κ1) is 10.6. The number of nitrogens with one attached hydrogen (secondary N) is 1. The van der Waals surface area contributed by atoms with Crippen LogP contribution in [0.1, 0.15) is 18.9 Å². The molecule has 1 unspecified atom stereocenters. The normalized spacial score (nSPS) is 24.2. The number of hydrogen-bond donors (Lipinski definition) is 1. The van der Waals surface area contributed by atoms with E-state index in [9.17, 15) is 8.42 Å². The third kappa shape index (κ3) is 2.06. The van der Waals surface area contributed by atoms with Crippen molar-refractivity contribution in [3.63, 3.8) is 0 Å². The van der Waals surface area contributed by atoms with Crippen molar-refractivity contribution in [2.75, 3.05) is 5.75 Å². The summed E-state index contributed by atoms with van der Waals surface area (Å²) < 4.78 is 24.0. The molecular weight excluding hydrogens is 210 g/mol. The van der Waals surface area contributed by atoms with Crippen molar-refractivity contribution < 1.29 is 8.42 Å². The maximum absolute atomic E-state index is 12.0. The third-order valence-corrected chi connectivity index (χ3v) is 4.71. The summed E-state index contributed by atoms with van der Waals surface area (Å²) >= 11 is 0. The minimum atomic E-state index is -3.10. The molecule has 2 rings (SSSR count). The van der Waals surface area contributed by atoms with Gasteiger partial charge in [-0.25, -0.2) is 8.42 Å². The molecule has 0 amide bonds. The lowest BCUT2D eigenvalue weighted by molar-refractivity contribution is 0.530. The van der Waals surface area contributed by atoms with Crippen LogP contribution in [0.4, 0.5) is 0 Å². The second-order valence-corrected chi connectivity index (χ2v) is 5.88. The van der Waals surface area contributed by atoms with Crippen molar-refractivity contribution in [2.24, 2.45) is 0 Å². The average Bonchev–Trinajstić information content (AvgIpc) is 2.36. The second kappa shape index (κ2) is 3.94. The van der Waals surface area contributed by atoms with Crippen LogP contribution in [0.25, 0.3) is 0 Å². The summed E-state index contributed by atoms with van der Waals surface area (Å²) in [6.07, 6.45) is 0.840. The highest BCUT2D eigenvalue weighted by Crippen LogP contribution is 2.21. The molecule has 0 aliphatic carbocycles. The van der Waals surface area contributed by atoms with E-state index >= 15 is 0 Å². The maximum Gasteiger partial charge on any atom is 0.180 e. The Kier molecular flexibility index (Phi) is 2.80. The van der Waals surface area contributed by atoms with Crippen LogP contribution in [0.15, 0.2) is 29.2 Å². The molecular formula is C11H15NO2S. The van der Waals surface area contributed by atoms with Crippen LogP contribution in [0, 0.1) is 0 Å². The lowest BCUT2D eigenvalue weighted by Crippen LogP contribution is -2.31. The predicted octanol–water partition coefficient (Wildman–Crippen LogP) is 1.34. The Morgan fingerprint density at radius 2 is 2.13 bits per heavy atom. The minimum Gasteiger partial charge on any atom is -0.309 e. The molecule has 1 aliphatic rings. The molecule has 1 atom stereocenters. The summed E-state index contributed by atoms with van der Waals surface area (Å²) in [5.41, 5.74) is 0.883. The molecule has 4 heteroatoms. The largest absolute Gasteiger partial charge is 0.309 e. The van der Waals surface area contributed by atoms with E-state index in [1.165, 1.54) is 0 Å². The lowest BCUT2D eigenvalue weighted by Gasteiger charge is -2.11. The van der Waals surface area contributed by atoms with E-state index in [0.717, 1.165) is 12.0 Å². The van der Waals surface area contributed by atoms with Crippen LogP contribution in [-0.2, 0) is 16.4 Å². The van der Waals surface area contributed by atoms with Gasteiger partial charge in [0.1, 0.15) is 0 Å². The van der Waals surface area contributed by atoms with E-state index < -0.39 is 9.84 Å². The van der Waals surface area contributed by atoms with Crippen molar-refractivity contribution in [3.05, 3.63) is 29.8 Å². The standard InChI is InChI=1S/C11H15NO2S/c1-2-10-8-15(13,14)11-6-4-3-5-9(11)7-12-10/h3-6,10,12H,2,7-8H2,1H3. The van der Waals surface area contributed by atoms with Gasteiger partial charge in [-0.2, -0.15) is 0 Å². The van der Waals surface area contributed by atoms with Gasteiger partial charge in [0.05, 0.1) is 10.6 Å². The first-order chi connectivity index (χ1) is 7.13. The first-order valence-electron chi connectivity index (χ1n) is 5.17. The molecule has 0 saturated heterocycles. The summed E-state index contributed by atoms with van der Waals surface area (Å²) in [4.78, 5) is 0.494. The van der Waals surface area contributed by atoms with Gasteiger partial charge in [0.2, 0.25) is 0 Å². The van der Waals surface area contributed by atoms with Gasteiger partial charge >= 0.3 is 0 Å². The SMILES string of the molecule is CCC1CS(=O)(=O)c2ccccc2CN1. The van der Waals surface area contributed by atoms with E-state index in [4.69, 9.17) is 0 Å². The van der Waals surface area contributed by atoms with Gasteiger partial charge in [0.15, 0.2) is 9.84 Å². The van der Waals surface area contributed by atoms with Crippen LogP contribution in [0.3, 0.4) is 0 Å². The van der Waals surface area contributed by atoms with E-state index in [0.29, 0.717) is 11.4 Å². The van der Waals surface area contributed by atoms with Crippen LogP contribution in [0.5, 0.6) is 0 Å². The van der Waals surface area contributed by atoms with Gasteiger partial charge < -0.3 is 5.32 Å². The summed E-state index contributed by atoms with van der Waals surface area (Å²) in [5, 5.41) is 3.26. The molecule has 1 N–H and O–H groups in total. The Morgan fingerprint density at radius 3 is 2.87 bits per heavy atom. The van der Waals surface area contributed by atoms with Crippen LogP contribution in [0.2, 0.25) is 0 Å². The molecule has 0 bridgehead atoms. The van der Waals surface area contributed by atoms with Gasteiger partial charge in [-0.1, -0.05) is 25.1 Å². The van der Waals surface area contributed by atoms with Crippen LogP contribution < -0.4 is 5.32 Å². The monoisotopic (exact) mass is 225 g/mol. The zero-order valence-corrected chi connectivity index (χ0v) is 9.55. The molecule has 0 aromatic heterocycles.